The molecule has 1 aliphatic heterocycles. The second-order valence-electron chi connectivity index (χ2n) is 7.95. The smallest absolute Gasteiger partial charge is 0.227 e. The van der Waals surface area contributed by atoms with Gasteiger partial charge in [0.15, 0.2) is 0 Å². The Morgan fingerprint density at radius 3 is 2.75 bits per heavy atom. The summed E-state index contributed by atoms with van der Waals surface area (Å²) in [5.41, 5.74) is 1.88. The topological polar surface area (TPSA) is 77.3 Å². The molecule has 1 fully saturated rings. The van der Waals surface area contributed by atoms with Crippen LogP contribution in [-0.4, -0.2) is 53.4 Å². The zero-order chi connectivity index (χ0) is 20.1. The fourth-order valence-electron chi connectivity index (χ4n) is 3.52. The molecule has 0 N–H and O–H groups in total. The van der Waals surface area contributed by atoms with Gasteiger partial charge in [-0.2, -0.15) is 0 Å². The second-order valence-corrected chi connectivity index (χ2v) is 9.87. The molecule has 1 aliphatic rings. The summed E-state index contributed by atoms with van der Waals surface area (Å²) in [7, 11) is -1.50. The Hall–Kier alpha value is -1.77. The quantitative estimate of drug-likeness (QED) is 0.637. The van der Waals surface area contributed by atoms with Crippen LogP contribution in [0.5, 0.6) is 0 Å². The summed E-state index contributed by atoms with van der Waals surface area (Å²) in [4.78, 5) is 10.8. The number of ether oxygens (including phenoxy) is 1. The van der Waals surface area contributed by atoms with E-state index in [1.807, 2.05) is 29.8 Å². The molecule has 8 heteroatoms. The van der Waals surface area contributed by atoms with Gasteiger partial charge in [-0.15, -0.1) is 0 Å². The molecule has 0 saturated carbocycles. The molecule has 7 nitrogen and oxygen atoms in total. The fourth-order valence-corrected chi connectivity index (χ4v) is 5.16. The molecular weight excluding hydrogens is 376 g/mol. The standard InChI is InChI=1S/C20H30N4O3S/c1-16(2)12-24-18(14-23(3)13-17-7-4-5-9-21-17)11-22-20(24)28(25,26)15-19-8-6-10-27-19/h4-5,7,9,11,16,19H,6,8,10,12-15H2,1-3H3. The van der Waals surface area contributed by atoms with Gasteiger partial charge in [0.1, 0.15) is 0 Å². The van der Waals surface area contributed by atoms with Gasteiger partial charge in [-0.25, -0.2) is 13.4 Å². The van der Waals surface area contributed by atoms with Gasteiger partial charge in [-0.1, -0.05) is 19.9 Å². The number of nitrogens with zero attached hydrogens (tertiary/aromatic N) is 4. The van der Waals surface area contributed by atoms with E-state index >= 15 is 0 Å². The van der Waals surface area contributed by atoms with E-state index in [4.69, 9.17) is 4.74 Å². The highest BCUT2D eigenvalue weighted by Crippen LogP contribution is 2.21. The van der Waals surface area contributed by atoms with Crippen LogP contribution in [0, 0.1) is 5.92 Å². The van der Waals surface area contributed by atoms with Crippen molar-refractivity contribution in [1.82, 2.24) is 19.4 Å². The molecule has 0 aromatic carbocycles. The Balaban J connectivity index is 1.79. The van der Waals surface area contributed by atoms with Crippen LogP contribution in [0.1, 0.15) is 38.1 Å². The Morgan fingerprint density at radius 2 is 2.11 bits per heavy atom. The highest BCUT2D eigenvalue weighted by atomic mass is 32.2. The summed E-state index contributed by atoms with van der Waals surface area (Å²) >= 11 is 0. The number of rotatable bonds is 9. The van der Waals surface area contributed by atoms with Gasteiger partial charge >= 0.3 is 0 Å². The van der Waals surface area contributed by atoms with Crippen LogP contribution in [-0.2, 0) is 34.2 Å². The lowest BCUT2D eigenvalue weighted by molar-refractivity contribution is 0.127. The molecule has 2 aromatic heterocycles. The third kappa shape index (κ3) is 5.40. The van der Waals surface area contributed by atoms with E-state index in [-0.39, 0.29) is 17.0 Å². The molecule has 1 saturated heterocycles. The minimum Gasteiger partial charge on any atom is -0.377 e. The third-order valence-corrected chi connectivity index (χ3v) is 6.44. The molecule has 1 atom stereocenters. The normalized spacial score (nSPS) is 17.7. The lowest BCUT2D eigenvalue weighted by Gasteiger charge is -2.20. The minimum absolute atomic E-state index is 0.00528. The molecule has 28 heavy (non-hydrogen) atoms. The first kappa shape index (κ1) is 21.0. The van der Waals surface area contributed by atoms with Crippen molar-refractivity contribution in [3.63, 3.8) is 0 Å². The number of hydrogen-bond donors (Lipinski definition) is 0. The predicted molar refractivity (Wildman–Crippen MR) is 107 cm³/mol. The van der Waals surface area contributed by atoms with Gasteiger partial charge in [0.2, 0.25) is 15.0 Å². The molecule has 0 aliphatic carbocycles. The van der Waals surface area contributed by atoms with Gasteiger partial charge in [0.25, 0.3) is 0 Å². The molecule has 0 bridgehead atoms. The number of pyridine rings is 1. The number of hydrogen-bond acceptors (Lipinski definition) is 6. The predicted octanol–water partition coefficient (Wildman–Crippen LogP) is 2.52. The van der Waals surface area contributed by atoms with Crippen LogP contribution in [0.4, 0.5) is 0 Å². The van der Waals surface area contributed by atoms with Gasteiger partial charge in [-0.05, 0) is 37.9 Å². The van der Waals surface area contributed by atoms with Crippen LogP contribution in [0.2, 0.25) is 0 Å². The van der Waals surface area contributed by atoms with Crippen LogP contribution >= 0.6 is 0 Å². The summed E-state index contributed by atoms with van der Waals surface area (Å²) < 4.78 is 33.4. The minimum atomic E-state index is -3.50. The molecule has 0 amide bonds. The molecule has 3 heterocycles. The largest absolute Gasteiger partial charge is 0.377 e. The lowest BCUT2D eigenvalue weighted by atomic mass is 10.2. The van der Waals surface area contributed by atoms with Crippen molar-refractivity contribution in [2.24, 2.45) is 5.92 Å². The summed E-state index contributed by atoms with van der Waals surface area (Å²) in [6.07, 6.45) is 4.97. The van der Waals surface area contributed by atoms with Gasteiger partial charge in [0.05, 0.1) is 29.4 Å². The zero-order valence-electron chi connectivity index (χ0n) is 16.9. The van der Waals surface area contributed by atoms with Crippen LogP contribution < -0.4 is 0 Å². The van der Waals surface area contributed by atoms with E-state index in [1.54, 1.807) is 12.4 Å². The molecule has 154 valence electrons. The summed E-state index contributed by atoms with van der Waals surface area (Å²) in [6, 6.07) is 5.85. The van der Waals surface area contributed by atoms with E-state index in [2.05, 4.69) is 28.7 Å². The average Bonchev–Trinajstić information content (AvgIpc) is 3.26. The first-order chi connectivity index (χ1) is 13.3. The maximum absolute atomic E-state index is 13.0. The number of aromatic nitrogens is 3. The van der Waals surface area contributed by atoms with Gasteiger partial charge in [0, 0.05) is 32.4 Å². The lowest BCUT2D eigenvalue weighted by Crippen LogP contribution is -2.25. The van der Waals surface area contributed by atoms with Crippen molar-refractivity contribution in [3.8, 4) is 0 Å². The highest BCUT2D eigenvalue weighted by molar-refractivity contribution is 7.91. The van der Waals surface area contributed by atoms with Crippen LogP contribution in [0.3, 0.4) is 0 Å². The van der Waals surface area contributed by atoms with Crippen molar-refractivity contribution >= 4 is 9.84 Å². The monoisotopic (exact) mass is 406 g/mol. The van der Waals surface area contributed by atoms with Crippen LogP contribution in [0.15, 0.2) is 35.7 Å². The molecule has 0 radical (unpaired) electrons. The fraction of sp³-hybridized carbons (Fsp3) is 0.600. The second kappa shape index (κ2) is 9.15. The first-order valence-electron chi connectivity index (χ1n) is 9.82. The van der Waals surface area contributed by atoms with E-state index in [9.17, 15) is 8.42 Å². The van der Waals surface area contributed by atoms with Crippen molar-refractivity contribution in [2.75, 3.05) is 19.4 Å². The number of sulfone groups is 1. The van der Waals surface area contributed by atoms with E-state index in [0.29, 0.717) is 32.2 Å². The zero-order valence-corrected chi connectivity index (χ0v) is 17.7. The summed E-state index contributed by atoms with van der Waals surface area (Å²) in [5.74, 6) is 0.316. The Morgan fingerprint density at radius 1 is 1.29 bits per heavy atom. The maximum atomic E-state index is 13.0. The van der Waals surface area contributed by atoms with Gasteiger partial charge in [-0.3, -0.25) is 9.88 Å². The summed E-state index contributed by atoms with van der Waals surface area (Å²) in [5, 5.41) is 0.165. The van der Waals surface area contributed by atoms with E-state index in [0.717, 1.165) is 24.2 Å². The SMILES string of the molecule is CC(C)Cn1c(CN(C)Cc2ccccn2)cnc1S(=O)(=O)CC1CCCO1. The molecule has 2 aromatic rings. The van der Waals surface area contributed by atoms with Crippen molar-refractivity contribution in [2.45, 2.75) is 57.6 Å². The van der Waals surface area contributed by atoms with Crippen LogP contribution in [0.25, 0.3) is 0 Å². The Kier molecular flexibility index (Phi) is 6.85. The first-order valence-corrected chi connectivity index (χ1v) is 11.5. The van der Waals surface area contributed by atoms with Crippen molar-refractivity contribution in [3.05, 3.63) is 42.0 Å². The Labute approximate surface area is 167 Å². The van der Waals surface area contributed by atoms with Gasteiger partial charge < -0.3 is 9.30 Å². The summed E-state index contributed by atoms with van der Waals surface area (Å²) in [6.45, 7) is 6.71. The molecular formula is C20H30N4O3S. The average molecular weight is 407 g/mol. The molecule has 3 rings (SSSR count). The van der Waals surface area contributed by atoms with E-state index in [1.165, 1.54) is 0 Å². The Bertz CT molecular complexity index is 859. The highest BCUT2D eigenvalue weighted by Gasteiger charge is 2.29. The molecule has 0 spiro atoms. The van der Waals surface area contributed by atoms with E-state index < -0.39 is 9.84 Å². The maximum Gasteiger partial charge on any atom is 0.227 e. The molecule has 1 unspecified atom stereocenters. The number of imidazole rings is 1. The third-order valence-electron chi connectivity index (χ3n) is 4.75. The van der Waals surface area contributed by atoms with Crippen molar-refractivity contribution < 1.29 is 13.2 Å². The van der Waals surface area contributed by atoms with Crippen molar-refractivity contribution in [1.29, 1.82) is 0 Å².